The smallest absolute Gasteiger partial charge is 0.259 e. The van der Waals surface area contributed by atoms with E-state index in [1.54, 1.807) is 7.11 Å². The number of rotatable bonds is 3. The molecule has 2 aromatic rings. The van der Waals surface area contributed by atoms with E-state index in [0.717, 1.165) is 17.5 Å². The molecule has 4 atom stereocenters. The number of carbonyl (C=O) groups is 1. The molecule has 0 aromatic heterocycles. The Morgan fingerprint density at radius 3 is 2.23 bits per heavy atom. The normalized spacial score (nSPS) is 28.5. The van der Waals surface area contributed by atoms with Crippen LogP contribution in [-0.4, -0.2) is 26.1 Å². The molecular weight excluding hydrogens is 372 g/mol. The van der Waals surface area contributed by atoms with E-state index in [-0.39, 0.29) is 5.91 Å². The van der Waals surface area contributed by atoms with Gasteiger partial charge in [-0.25, -0.2) is 0 Å². The Hall–Kier alpha value is -2.49. The molecule has 0 saturated heterocycles. The number of carbonyl (C=O) groups excluding carboxylic acids is 1. The number of amides is 1. The molecule has 2 aliphatic carbocycles. The van der Waals surface area contributed by atoms with E-state index in [9.17, 15) is 4.79 Å². The van der Waals surface area contributed by atoms with Crippen LogP contribution in [0.15, 0.2) is 36.4 Å². The molecule has 1 N–H and O–H groups in total. The lowest BCUT2D eigenvalue weighted by atomic mass is 9.75. The van der Waals surface area contributed by atoms with E-state index in [1.807, 2.05) is 24.3 Å². The summed E-state index contributed by atoms with van der Waals surface area (Å²) >= 11 is 0. The van der Waals surface area contributed by atoms with Gasteiger partial charge in [-0.15, -0.1) is 0 Å². The number of para-hydroxylation sites is 1. The standard InChI is InChI=1S/C26H30N2O2/c1-30-24-11-3-2-8-21(24)26(29)27-18-12-22-19-9-4-6-16(19)14-28-15-17-7-5-10-20(17)23(13-18)25(22)28/h2-3,8,11-13,16-17,19-20H,4-7,9-10,14-15H2,1H3,(H,27,29)/t16-,17+,19-,20+. The molecule has 2 saturated carbocycles. The summed E-state index contributed by atoms with van der Waals surface area (Å²) < 4.78 is 5.41. The quantitative estimate of drug-likeness (QED) is 0.732. The average Bonchev–Trinajstić information content (AvgIpc) is 3.43. The fourth-order valence-corrected chi connectivity index (χ4v) is 6.87. The van der Waals surface area contributed by atoms with Crippen molar-refractivity contribution >= 4 is 17.3 Å². The number of hydrogen-bond donors (Lipinski definition) is 1. The first-order chi connectivity index (χ1) is 14.7. The molecule has 4 nitrogen and oxygen atoms in total. The summed E-state index contributed by atoms with van der Waals surface area (Å²) in [4.78, 5) is 15.8. The maximum absolute atomic E-state index is 13.1. The van der Waals surface area contributed by atoms with E-state index in [4.69, 9.17) is 4.74 Å². The predicted molar refractivity (Wildman–Crippen MR) is 120 cm³/mol. The summed E-state index contributed by atoms with van der Waals surface area (Å²) in [6.07, 6.45) is 7.96. The second-order valence-corrected chi connectivity index (χ2v) is 9.66. The SMILES string of the molecule is COc1ccccc1C(=O)Nc1cc2c3c(c1)[C@@H]1CCC[C@@H]1CN3C[C@@H]1CCC[C@H]21. The highest BCUT2D eigenvalue weighted by atomic mass is 16.5. The molecule has 0 spiro atoms. The molecule has 6 rings (SSSR count). The summed E-state index contributed by atoms with van der Waals surface area (Å²) in [6.45, 7) is 2.47. The van der Waals surface area contributed by atoms with Gasteiger partial charge in [0.15, 0.2) is 0 Å². The van der Waals surface area contributed by atoms with Gasteiger partial charge in [-0.2, -0.15) is 0 Å². The molecule has 4 heteroatoms. The predicted octanol–water partition coefficient (Wildman–Crippen LogP) is 5.55. The van der Waals surface area contributed by atoms with Crippen LogP contribution in [0.2, 0.25) is 0 Å². The van der Waals surface area contributed by atoms with Crippen LogP contribution in [0.5, 0.6) is 5.75 Å². The van der Waals surface area contributed by atoms with Crippen LogP contribution < -0.4 is 15.0 Å². The van der Waals surface area contributed by atoms with Crippen LogP contribution in [0, 0.1) is 11.8 Å². The summed E-state index contributed by atoms with van der Waals surface area (Å²) in [5, 5.41) is 3.22. The Morgan fingerprint density at radius 1 is 0.967 bits per heavy atom. The van der Waals surface area contributed by atoms with Crippen LogP contribution in [0.4, 0.5) is 11.4 Å². The average molecular weight is 403 g/mol. The molecule has 2 fully saturated rings. The van der Waals surface area contributed by atoms with Crippen LogP contribution in [0.25, 0.3) is 0 Å². The van der Waals surface area contributed by atoms with Crippen molar-refractivity contribution in [2.24, 2.45) is 11.8 Å². The van der Waals surface area contributed by atoms with Crippen molar-refractivity contribution in [3.05, 3.63) is 53.1 Å². The third kappa shape index (κ3) is 2.76. The Bertz CT molecular complexity index is 955. The van der Waals surface area contributed by atoms with Crippen LogP contribution in [0.3, 0.4) is 0 Å². The van der Waals surface area contributed by atoms with E-state index < -0.39 is 0 Å². The van der Waals surface area contributed by atoms with Crippen molar-refractivity contribution in [3.8, 4) is 5.75 Å². The van der Waals surface area contributed by atoms with E-state index in [1.165, 1.54) is 68.4 Å². The number of anilines is 2. The van der Waals surface area contributed by atoms with Gasteiger partial charge in [0, 0.05) is 24.5 Å². The molecule has 156 valence electrons. The van der Waals surface area contributed by atoms with Crippen molar-refractivity contribution in [1.29, 1.82) is 0 Å². The summed E-state index contributed by atoms with van der Waals surface area (Å²) in [6, 6.07) is 12.0. The van der Waals surface area contributed by atoms with Crippen LogP contribution in [-0.2, 0) is 0 Å². The summed E-state index contributed by atoms with van der Waals surface area (Å²) in [7, 11) is 1.62. The molecule has 0 bridgehead atoms. The Kier molecular flexibility index (Phi) is 4.29. The first kappa shape index (κ1) is 18.3. The molecule has 1 amide bonds. The van der Waals surface area contributed by atoms with Crippen molar-refractivity contribution in [3.63, 3.8) is 0 Å². The third-order valence-electron chi connectivity index (χ3n) is 8.12. The number of hydrogen-bond acceptors (Lipinski definition) is 3. The lowest BCUT2D eigenvalue weighted by Gasteiger charge is -2.46. The zero-order valence-corrected chi connectivity index (χ0v) is 17.7. The highest BCUT2D eigenvalue weighted by Gasteiger charge is 2.44. The first-order valence-corrected chi connectivity index (χ1v) is 11.6. The molecule has 0 unspecified atom stereocenters. The lowest BCUT2D eigenvalue weighted by molar-refractivity contribution is 0.102. The minimum atomic E-state index is -0.0889. The zero-order chi connectivity index (χ0) is 20.2. The Morgan fingerprint density at radius 2 is 1.60 bits per heavy atom. The minimum Gasteiger partial charge on any atom is -0.496 e. The number of ether oxygens (including phenoxy) is 1. The zero-order valence-electron chi connectivity index (χ0n) is 17.7. The van der Waals surface area contributed by atoms with Gasteiger partial charge in [0.25, 0.3) is 5.91 Å². The third-order valence-corrected chi connectivity index (χ3v) is 8.12. The van der Waals surface area contributed by atoms with Gasteiger partial charge in [-0.05, 0) is 84.7 Å². The van der Waals surface area contributed by atoms with E-state index >= 15 is 0 Å². The number of benzene rings is 2. The maximum Gasteiger partial charge on any atom is 0.259 e. The number of nitrogens with zero attached hydrogens (tertiary/aromatic N) is 1. The lowest BCUT2D eigenvalue weighted by Crippen LogP contribution is -2.43. The van der Waals surface area contributed by atoms with Gasteiger partial charge >= 0.3 is 0 Å². The van der Waals surface area contributed by atoms with Crippen molar-refractivity contribution in [2.75, 3.05) is 30.4 Å². The van der Waals surface area contributed by atoms with Gasteiger partial charge in [0.2, 0.25) is 0 Å². The highest BCUT2D eigenvalue weighted by Crippen LogP contribution is 2.56. The maximum atomic E-state index is 13.1. The Labute approximate surface area is 178 Å². The largest absolute Gasteiger partial charge is 0.496 e. The van der Waals surface area contributed by atoms with Gasteiger partial charge < -0.3 is 15.0 Å². The summed E-state index contributed by atoms with van der Waals surface area (Å²) in [5.41, 5.74) is 6.07. The second kappa shape index (κ2) is 7.04. The number of methoxy groups -OCH3 is 1. The fourth-order valence-electron chi connectivity index (χ4n) is 6.87. The van der Waals surface area contributed by atoms with Gasteiger partial charge in [0.05, 0.1) is 12.7 Å². The fraction of sp³-hybridized carbons (Fsp3) is 0.500. The van der Waals surface area contributed by atoms with Crippen molar-refractivity contribution in [2.45, 2.75) is 50.4 Å². The van der Waals surface area contributed by atoms with Gasteiger partial charge in [-0.1, -0.05) is 25.0 Å². The molecule has 2 aliphatic heterocycles. The molecular formula is C26H30N2O2. The number of fused-ring (bicyclic) bond motifs is 4. The molecule has 0 radical (unpaired) electrons. The first-order valence-electron chi connectivity index (χ1n) is 11.6. The topological polar surface area (TPSA) is 41.6 Å². The number of nitrogens with one attached hydrogen (secondary N) is 1. The van der Waals surface area contributed by atoms with Gasteiger partial charge in [-0.3, -0.25) is 4.79 Å². The van der Waals surface area contributed by atoms with Crippen molar-refractivity contribution < 1.29 is 9.53 Å². The highest BCUT2D eigenvalue weighted by molar-refractivity contribution is 6.06. The van der Waals surface area contributed by atoms with Crippen LogP contribution in [0.1, 0.15) is 71.8 Å². The Balaban J connectivity index is 1.42. The van der Waals surface area contributed by atoms with Crippen LogP contribution >= 0.6 is 0 Å². The minimum absolute atomic E-state index is 0.0889. The van der Waals surface area contributed by atoms with E-state index in [2.05, 4.69) is 22.3 Å². The van der Waals surface area contributed by atoms with E-state index in [0.29, 0.717) is 23.1 Å². The van der Waals surface area contributed by atoms with Gasteiger partial charge in [0.1, 0.15) is 5.75 Å². The molecule has 30 heavy (non-hydrogen) atoms. The monoisotopic (exact) mass is 402 g/mol. The van der Waals surface area contributed by atoms with Crippen molar-refractivity contribution in [1.82, 2.24) is 0 Å². The molecule has 4 aliphatic rings. The second-order valence-electron chi connectivity index (χ2n) is 9.66. The molecule has 2 aromatic carbocycles. The summed E-state index contributed by atoms with van der Waals surface area (Å²) in [5.74, 6) is 3.42. The molecule has 2 heterocycles.